The van der Waals surface area contributed by atoms with E-state index in [1.165, 1.54) is 7.11 Å². The van der Waals surface area contributed by atoms with Crippen LogP contribution in [0.2, 0.25) is 0 Å². The van der Waals surface area contributed by atoms with E-state index in [4.69, 9.17) is 6.42 Å². The lowest BCUT2D eigenvalue weighted by atomic mass is 10.4. The molecule has 0 aromatic carbocycles. The van der Waals surface area contributed by atoms with Crippen molar-refractivity contribution in [3.05, 3.63) is 0 Å². The number of methoxy groups -OCH3 is 1. The van der Waals surface area contributed by atoms with Crippen molar-refractivity contribution in [3.63, 3.8) is 0 Å². The van der Waals surface area contributed by atoms with Crippen LogP contribution in [0.4, 0.5) is 0 Å². The Bertz CT molecular complexity index is 137. The van der Waals surface area contributed by atoms with Crippen molar-refractivity contribution in [2.45, 2.75) is 0 Å². The van der Waals surface area contributed by atoms with Crippen LogP contribution in [0.1, 0.15) is 0 Å². The van der Waals surface area contributed by atoms with Crippen LogP contribution in [-0.4, -0.2) is 32.6 Å². The molecule has 3 nitrogen and oxygen atoms in total. The SMILES string of the molecule is C#CCNCC(=O)COC. The highest BCUT2D eigenvalue weighted by Crippen LogP contribution is 1.70. The van der Waals surface area contributed by atoms with Crippen molar-refractivity contribution in [1.82, 2.24) is 5.32 Å². The van der Waals surface area contributed by atoms with Gasteiger partial charge in [-0.1, -0.05) is 5.92 Å². The second kappa shape index (κ2) is 6.27. The Labute approximate surface area is 60.8 Å². The van der Waals surface area contributed by atoms with Gasteiger partial charge in [0, 0.05) is 7.11 Å². The van der Waals surface area contributed by atoms with Gasteiger partial charge >= 0.3 is 0 Å². The minimum atomic E-state index is 0.0118. The summed E-state index contributed by atoms with van der Waals surface area (Å²) in [5.41, 5.74) is 0. The van der Waals surface area contributed by atoms with E-state index in [1.54, 1.807) is 0 Å². The van der Waals surface area contributed by atoms with Gasteiger partial charge in [-0.3, -0.25) is 10.1 Å². The Morgan fingerprint density at radius 2 is 2.50 bits per heavy atom. The number of carbonyl (C=O) groups is 1. The third-order valence-corrected chi connectivity index (χ3v) is 0.855. The Kier molecular flexibility index (Phi) is 5.74. The molecule has 0 saturated heterocycles. The highest BCUT2D eigenvalue weighted by Gasteiger charge is 1.96. The van der Waals surface area contributed by atoms with Crippen molar-refractivity contribution in [2.75, 3.05) is 26.8 Å². The van der Waals surface area contributed by atoms with Crippen LogP contribution in [0.5, 0.6) is 0 Å². The van der Waals surface area contributed by atoms with Gasteiger partial charge in [0.2, 0.25) is 0 Å². The highest BCUT2D eigenvalue weighted by atomic mass is 16.5. The van der Waals surface area contributed by atoms with E-state index in [9.17, 15) is 4.79 Å². The predicted octanol–water partition coefficient (Wildman–Crippen LogP) is -0.575. The van der Waals surface area contributed by atoms with Crippen LogP contribution in [0.15, 0.2) is 0 Å². The molecule has 0 aromatic heterocycles. The summed E-state index contributed by atoms with van der Waals surface area (Å²) < 4.78 is 4.59. The van der Waals surface area contributed by atoms with Crippen LogP contribution >= 0.6 is 0 Å². The molecule has 0 aliphatic rings. The Hall–Kier alpha value is -0.850. The molecular formula is C7H11NO2. The predicted molar refractivity (Wildman–Crippen MR) is 38.6 cm³/mol. The number of Topliss-reactive ketones (excluding diaryl/α,β-unsaturated/α-hetero) is 1. The Morgan fingerprint density at radius 1 is 1.80 bits per heavy atom. The largest absolute Gasteiger partial charge is 0.377 e. The fourth-order valence-electron chi connectivity index (χ4n) is 0.486. The molecule has 0 bridgehead atoms. The van der Waals surface area contributed by atoms with Gasteiger partial charge in [0.25, 0.3) is 0 Å². The quantitative estimate of drug-likeness (QED) is 0.411. The molecule has 0 aromatic rings. The second-order valence-corrected chi connectivity index (χ2v) is 1.78. The number of ketones is 1. The van der Waals surface area contributed by atoms with Gasteiger partial charge < -0.3 is 4.74 Å². The van der Waals surface area contributed by atoms with Gasteiger partial charge in [-0.25, -0.2) is 0 Å². The molecule has 0 atom stereocenters. The van der Waals surface area contributed by atoms with Crippen LogP contribution < -0.4 is 5.32 Å². The molecule has 0 radical (unpaired) electrons. The summed E-state index contributed by atoms with van der Waals surface area (Å²) in [5.74, 6) is 2.37. The third kappa shape index (κ3) is 5.29. The molecule has 10 heavy (non-hydrogen) atoms. The first kappa shape index (κ1) is 9.15. The molecule has 0 heterocycles. The molecule has 0 spiro atoms. The lowest BCUT2D eigenvalue weighted by Gasteiger charge is -1.97. The first-order chi connectivity index (χ1) is 4.81. The molecule has 0 aliphatic carbocycles. The number of hydrogen-bond donors (Lipinski definition) is 1. The number of ether oxygens (including phenoxy) is 1. The molecule has 0 aliphatic heterocycles. The van der Waals surface area contributed by atoms with Crippen molar-refractivity contribution < 1.29 is 9.53 Å². The number of rotatable bonds is 5. The second-order valence-electron chi connectivity index (χ2n) is 1.78. The van der Waals surface area contributed by atoms with Crippen LogP contribution in [0.3, 0.4) is 0 Å². The van der Waals surface area contributed by atoms with Crippen molar-refractivity contribution in [1.29, 1.82) is 0 Å². The maximum Gasteiger partial charge on any atom is 0.172 e. The summed E-state index contributed by atoms with van der Waals surface area (Å²) in [6.07, 6.45) is 4.93. The van der Waals surface area contributed by atoms with E-state index >= 15 is 0 Å². The summed E-state index contributed by atoms with van der Waals surface area (Å²) in [6, 6.07) is 0. The molecule has 0 rings (SSSR count). The van der Waals surface area contributed by atoms with Crippen LogP contribution in [-0.2, 0) is 9.53 Å². The van der Waals surface area contributed by atoms with Crippen molar-refractivity contribution in [2.24, 2.45) is 0 Å². The minimum Gasteiger partial charge on any atom is -0.377 e. The van der Waals surface area contributed by atoms with Gasteiger partial charge in [0.1, 0.15) is 6.61 Å². The van der Waals surface area contributed by atoms with E-state index in [0.29, 0.717) is 6.54 Å². The lowest BCUT2D eigenvalue weighted by Crippen LogP contribution is -2.25. The zero-order valence-electron chi connectivity index (χ0n) is 6.02. The fraction of sp³-hybridized carbons (Fsp3) is 0.571. The monoisotopic (exact) mass is 141 g/mol. The van der Waals surface area contributed by atoms with Crippen LogP contribution in [0, 0.1) is 12.3 Å². The van der Waals surface area contributed by atoms with Gasteiger partial charge in [0.15, 0.2) is 5.78 Å². The number of terminal acetylenes is 1. The minimum absolute atomic E-state index is 0.0118. The molecule has 56 valence electrons. The van der Waals surface area contributed by atoms with Crippen molar-refractivity contribution >= 4 is 5.78 Å². The van der Waals surface area contributed by atoms with E-state index in [1.807, 2.05) is 0 Å². The van der Waals surface area contributed by atoms with Gasteiger partial charge in [-0.2, -0.15) is 0 Å². The zero-order chi connectivity index (χ0) is 7.82. The number of nitrogens with one attached hydrogen (secondary N) is 1. The van der Waals surface area contributed by atoms with Gasteiger partial charge in [-0.05, 0) is 0 Å². The van der Waals surface area contributed by atoms with E-state index in [2.05, 4.69) is 16.0 Å². The van der Waals surface area contributed by atoms with E-state index < -0.39 is 0 Å². The molecule has 0 amide bonds. The summed E-state index contributed by atoms with van der Waals surface area (Å²) in [6.45, 7) is 0.866. The van der Waals surface area contributed by atoms with Crippen molar-refractivity contribution in [3.8, 4) is 12.3 Å². The molecular weight excluding hydrogens is 130 g/mol. The molecule has 0 unspecified atom stereocenters. The Morgan fingerprint density at radius 3 is 3.00 bits per heavy atom. The summed E-state index contributed by atoms with van der Waals surface area (Å²) in [4.78, 5) is 10.7. The van der Waals surface area contributed by atoms with Gasteiger partial charge in [-0.15, -0.1) is 6.42 Å². The van der Waals surface area contributed by atoms with E-state index in [-0.39, 0.29) is 18.9 Å². The first-order valence-corrected chi connectivity index (χ1v) is 2.96. The average molecular weight is 141 g/mol. The molecule has 1 N–H and O–H groups in total. The van der Waals surface area contributed by atoms with Gasteiger partial charge in [0.05, 0.1) is 13.1 Å². The first-order valence-electron chi connectivity index (χ1n) is 2.96. The van der Waals surface area contributed by atoms with Crippen LogP contribution in [0.25, 0.3) is 0 Å². The normalized spacial score (nSPS) is 8.80. The molecule has 0 fully saturated rings. The molecule has 3 heteroatoms. The maximum absolute atomic E-state index is 10.7. The average Bonchev–Trinajstić information content (AvgIpc) is 1.89. The summed E-state index contributed by atoms with van der Waals surface area (Å²) >= 11 is 0. The lowest BCUT2D eigenvalue weighted by molar-refractivity contribution is -0.121. The summed E-state index contributed by atoms with van der Waals surface area (Å²) in [5, 5.41) is 2.75. The third-order valence-electron chi connectivity index (χ3n) is 0.855. The number of carbonyl (C=O) groups excluding carboxylic acids is 1. The zero-order valence-corrected chi connectivity index (χ0v) is 6.02. The highest BCUT2D eigenvalue weighted by molar-refractivity contribution is 5.81. The molecule has 0 saturated carbocycles. The number of hydrogen-bond acceptors (Lipinski definition) is 3. The fourth-order valence-corrected chi connectivity index (χ4v) is 0.486. The Balaban J connectivity index is 3.15. The smallest absolute Gasteiger partial charge is 0.172 e. The van der Waals surface area contributed by atoms with E-state index in [0.717, 1.165) is 0 Å². The topological polar surface area (TPSA) is 38.3 Å². The maximum atomic E-state index is 10.7. The summed E-state index contributed by atoms with van der Waals surface area (Å²) in [7, 11) is 1.49. The standard InChI is InChI=1S/C7H11NO2/c1-3-4-8-5-7(9)6-10-2/h1,8H,4-6H2,2H3.